The molecule has 1 fully saturated rings. The molecule has 140 valence electrons. The third kappa shape index (κ3) is 4.98. The number of carbonyl (C=O) groups is 1. The van der Waals surface area contributed by atoms with Gasteiger partial charge in [0.15, 0.2) is 24.6 Å². The standard InChI is InChI=1S/C19H26F2O4/c1-3-13-4-6-14(7-5-13)16-10-15(11-22)19(18(21)17(16)20)25-12-24-9-8-23-2/h10-11,13-14H,3-9,12H2,1-2H3. The molecule has 0 bridgehead atoms. The lowest BCUT2D eigenvalue weighted by Gasteiger charge is -2.28. The third-order valence-electron chi connectivity index (χ3n) is 4.93. The first-order valence-electron chi connectivity index (χ1n) is 8.78. The highest BCUT2D eigenvalue weighted by Gasteiger charge is 2.28. The first kappa shape index (κ1) is 19.8. The molecule has 0 saturated heterocycles. The fourth-order valence-corrected chi connectivity index (χ4v) is 3.36. The lowest BCUT2D eigenvalue weighted by molar-refractivity contribution is -0.0105. The zero-order chi connectivity index (χ0) is 18.2. The van der Waals surface area contributed by atoms with Crippen LogP contribution in [0.5, 0.6) is 5.75 Å². The molecule has 6 heteroatoms. The van der Waals surface area contributed by atoms with E-state index in [9.17, 15) is 13.6 Å². The van der Waals surface area contributed by atoms with Crippen LogP contribution in [-0.2, 0) is 9.47 Å². The van der Waals surface area contributed by atoms with E-state index in [4.69, 9.17) is 14.2 Å². The summed E-state index contributed by atoms with van der Waals surface area (Å²) in [5.74, 6) is -1.83. The van der Waals surface area contributed by atoms with Crippen molar-refractivity contribution in [2.75, 3.05) is 27.1 Å². The van der Waals surface area contributed by atoms with Gasteiger partial charge < -0.3 is 14.2 Å². The van der Waals surface area contributed by atoms with Crippen LogP contribution in [0, 0.1) is 17.6 Å². The smallest absolute Gasteiger partial charge is 0.201 e. The van der Waals surface area contributed by atoms with E-state index in [1.807, 2.05) is 0 Å². The topological polar surface area (TPSA) is 44.8 Å². The van der Waals surface area contributed by atoms with Crippen molar-refractivity contribution in [3.8, 4) is 5.75 Å². The summed E-state index contributed by atoms with van der Waals surface area (Å²) in [5, 5.41) is 0. The van der Waals surface area contributed by atoms with Gasteiger partial charge in [-0.3, -0.25) is 4.79 Å². The minimum atomic E-state index is -1.12. The molecule has 1 aromatic rings. The monoisotopic (exact) mass is 356 g/mol. The Hall–Kier alpha value is -1.53. The van der Waals surface area contributed by atoms with E-state index >= 15 is 0 Å². The molecule has 0 radical (unpaired) electrons. The van der Waals surface area contributed by atoms with Crippen LogP contribution in [0.25, 0.3) is 0 Å². The van der Waals surface area contributed by atoms with Gasteiger partial charge in [-0.05, 0) is 49.1 Å². The number of rotatable bonds is 9. The summed E-state index contributed by atoms with van der Waals surface area (Å²) in [7, 11) is 1.52. The Morgan fingerprint density at radius 3 is 2.48 bits per heavy atom. The number of benzene rings is 1. The van der Waals surface area contributed by atoms with Gasteiger partial charge in [-0.25, -0.2) is 4.39 Å². The SMILES string of the molecule is CCC1CCC(c2cc(C=O)c(OCOCCOC)c(F)c2F)CC1. The summed E-state index contributed by atoms with van der Waals surface area (Å²) in [5.41, 5.74) is 0.295. The average molecular weight is 356 g/mol. The van der Waals surface area contributed by atoms with Gasteiger partial charge in [-0.2, -0.15) is 4.39 Å². The number of carbonyl (C=O) groups excluding carboxylic acids is 1. The summed E-state index contributed by atoms with van der Waals surface area (Å²) >= 11 is 0. The summed E-state index contributed by atoms with van der Waals surface area (Å²) in [6, 6.07) is 1.42. The molecule has 0 amide bonds. The zero-order valence-electron chi connectivity index (χ0n) is 14.9. The average Bonchev–Trinajstić information content (AvgIpc) is 2.65. The largest absolute Gasteiger partial charge is 0.464 e. The first-order valence-corrected chi connectivity index (χ1v) is 8.78. The molecule has 0 atom stereocenters. The molecule has 0 aliphatic heterocycles. The molecule has 1 aromatic carbocycles. The Balaban J connectivity index is 2.13. The highest BCUT2D eigenvalue weighted by Crippen LogP contribution is 2.40. The fourth-order valence-electron chi connectivity index (χ4n) is 3.36. The number of aldehydes is 1. The van der Waals surface area contributed by atoms with Crippen molar-refractivity contribution < 1.29 is 27.8 Å². The summed E-state index contributed by atoms with van der Waals surface area (Å²) < 4.78 is 44.0. The maximum Gasteiger partial charge on any atom is 0.201 e. The van der Waals surface area contributed by atoms with Gasteiger partial charge in [0.2, 0.25) is 5.82 Å². The van der Waals surface area contributed by atoms with Crippen LogP contribution >= 0.6 is 0 Å². The summed E-state index contributed by atoms with van der Waals surface area (Å²) in [4.78, 5) is 11.3. The van der Waals surface area contributed by atoms with Crippen LogP contribution in [0.15, 0.2) is 6.07 Å². The quantitative estimate of drug-likeness (QED) is 0.372. The molecule has 0 unspecified atom stereocenters. The molecule has 4 nitrogen and oxygen atoms in total. The predicted octanol–water partition coefficient (Wildman–Crippen LogP) is 4.46. The van der Waals surface area contributed by atoms with Gasteiger partial charge in [0.25, 0.3) is 0 Å². The van der Waals surface area contributed by atoms with Crippen molar-refractivity contribution in [1.29, 1.82) is 0 Å². The molecule has 1 aliphatic rings. The predicted molar refractivity (Wildman–Crippen MR) is 90.1 cm³/mol. The van der Waals surface area contributed by atoms with Gasteiger partial charge in [0.1, 0.15) is 0 Å². The lowest BCUT2D eigenvalue weighted by atomic mass is 9.77. The highest BCUT2D eigenvalue weighted by molar-refractivity contribution is 5.80. The van der Waals surface area contributed by atoms with E-state index in [0.717, 1.165) is 32.1 Å². The molecule has 1 saturated carbocycles. The van der Waals surface area contributed by atoms with Crippen molar-refractivity contribution in [3.63, 3.8) is 0 Å². The first-order chi connectivity index (χ1) is 12.1. The number of hydrogen-bond donors (Lipinski definition) is 0. The van der Waals surface area contributed by atoms with E-state index in [1.165, 1.54) is 13.2 Å². The van der Waals surface area contributed by atoms with Crippen LogP contribution < -0.4 is 4.74 Å². The van der Waals surface area contributed by atoms with Crippen molar-refractivity contribution in [2.45, 2.75) is 44.9 Å². The van der Waals surface area contributed by atoms with E-state index in [-0.39, 0.29) is 30.4 Å². The fraction of sp³-hybridized carbons (Fsp3) is 0.632. The van der Waals surface area contributed by atoms with Gasteiger partial charge in [0, 0.05) is 7.11 Å². The molecule has 0 N–H and O–H groups in total. The van der Waals surface area contributed by atoms with Crippen molar-refractivity contribution >= 4 is 6.29 Å². The molecular weight excluding hydrogens is 330 g/mol. The van der Waals surface area contributed by atoms with Gasteiger partial charge in [-0.15, -0.1) is 0 Å². The molecule has 0 heterocycles. The molecule has 1 aliphatic carbocycles. The number of ether oxygens (including phenoxy) is 3. The van der Waals surface area contributed by atoms with Gasteiger partial charge in [0.05, 0.1) is 18.8 Å². The normalized spacial score (nSPS) is 20.5. The van der Waals surface area contributed by atoms with Gasteiger partial charge >= 0.3 is 0 Å². The van der Waals surface area contributed by atoms with Gasteiger partial charge in [-0.1, -0.05) is 13.3 Å². The molecule has 25 heavy (non-hydrogen) atoms. The highest BCUT2D eigenvalue weighted by atomic mass is 19.2. The summed E-state index contributed by atoms with van der Waals surface area (Å²) in [6.45, 7) is 2.49. The van der Waals surface area contributed by atoms with E-state index in [0.29, 0.717) is 18.8 Å². The number of hydrogen-bond acceptors (Lipinski definition) is 4. The lowest BCUT2D eigenvalue weighted by Crippen LogP contribution is -2.16. The second-order valence-electron chi connectivity index (χ2n) is 6.42. The Kier molecular flexibility index (Phi) is 7.78. The Labute approximate surface area is 147 Å². The second kappa shape index (κ2) is 9.82. The van der Waals surface area contributed by atoms with Crippen LogP contribution in [-0.4, -0.2) is 33.4 Å². The minimum absolute atomic E-state index is 0.0156. The minimum Gasteiger partial charge on any atom is -0.464 e. The molecular formula is C19H26F2O4. The Morgan fingerprint density at radius 2 is 1.88 bits per heavy atom. The van der Waals surface area contributed by atoms with Crippen LogP contribution in [0.2, 0.25) is 0 Å². The number of methoxy groups -OCH3 is 1. The second-order valence-corrected chi connectivity index (χ2v) is 6.42. The van der Waals surface area contributed by atoms with E-state index in [1.54, 1.807) is 0 Å². The number of halogens is 2. The Bertz CT molecular complexity index is 569. The molecule has 0 aromatic heterocycles. The maximum absolute atomic E-state index is 14.5. The zero-order valence-corrected chi connectivity index (χ0v) is 14.9. The molecule has 0 spiro atoms. The Morgan fingerprint density at radius 1 is 1.16 bits per heavy atom. The molecule has 2 rings (SSSR count). The van der Waals surface area contributed by atoms with E-state index in [2.05, 4.69) is 6.92 Å². The summed E-state index contributed by atoms with van der Waals surface area (Å²) in [6.07, 6.45) is 5.24. The van der Waals surface area contributed by atoms with Crippen molar-refractivity contribution in [2.24, 2.45) is 5.92 Å². The van der Waals surface area contributed by atoms with E-state index < -0.39 is 17.4 Å². The van der Waals surface area contributed by atoms with Crippen LogP contribution in [0.3, 0.4) is 0 Å². The maximum atomic E-state index is 14.5. The van der Waals surface area contributed by atoms with Crippen molar-refractivity contribution in [1.82, 2.24) is 0 Å². The van der Waals surface area contributed by atoms with Crippen molar-refractivity contribution in [3.05, 3.63) is 28.8 Å². The van der Waals surface area contributed by atoms with Crippen LogP contribution in [0.4, 0.5) is 8.78 Å². The third-order valence-corrected chi connectivity index (χ3v) is 4.93. The van der Waals surface area contributed by atoms with Crippen LogP contribution in [0.1, 0.15) is 60.9 Å².